The maximum absolute atomic E-state index is 12.6. The number of halogens is 1. The van der Waals surface area contributed by atoms with Crippen molar-refractivity contribution in [2.75, 3.05) is 0 Å². The van der Waals surface area contributed by atoms with Crippen LogP contribution in [0.5, 0.6) is 0 Å². The van der Waals surface area contributed by atoms with E-state index in [0.717, 1.165) is 16.5 Å². The number of pyridine rings is 1. The van der Waals surface area contributed by atoms with Crippen molar-refractivity contribution in [3.8, 4) is 0 Å². The van der Waals surface area contributed by atoms with Crippen LogP contribution in [0.15, 0.2) is 41.8 Å². The maximum atomic E-state index is 12.6. The average Bonchev–Trinajstić information content (AvgIpc) is 3.22. The van der Waals surface area contributed by atoms with Crippen molar-refractivity contribution in [2.24, 2.45) is 5.92 Å². The number of esters is 1. The van der Waals surface area contributed by atoms with Gasteiger partial charge in [-0.1, -0.05) is 49.7 Å². The van der Waals surface area contributed by atoms with Crippen LogP contribution < -0.4 is 5.32 Å². The normalized spacial score (nSPS) is 12.2. The molecule has 2 aromatic heterocycles. The third kappa shape index (κ3) is 4.34. The standard InChI is InChI=1S/C21H21ClN2O3S/c1-12(2)19(24-20(25)17-9-6-10-28-17)21(26)27-11-16-18(22)13(3)14-7-4-5-8-15(14)23-16/h4-10,12,19H,11H2,1-3H3,(H,24,25)/t19-/m0/s1. The third-order valence-corrected chi connectivity index (χ3v) is 5.82. The molecule has 0 radical (unpaired) electrons. The van der Waals surface area contributed by atoms with Gasteiger partial charge >= 0.3 is 5.97 Å². The van der Waals surface area contributed by atoms with Crippen LogP contribution in [0, 0.1) is 12.8 Å². The van der Waals surface area contributed by atoms with Crippen molar-refractivity contribution in [1.29, 1.82) is 0 Å². The molecule has 3 aromatic rings. The lowest BCUT2D eigenvalue weighted by Gasteiger charge is -2.20. The van der Waals surface area contributed by atoms with Crippen molar-refractivity contribution in [3.05, 3.63) is 62.9 Å². The van der Waals surface area contributed by atoms with Crippen LogP contribution in [0.2, 0.25) is 5.02 Å². The number of rotatable bonds is 6. The zero-order valence-corrected chi connectivity index (χ0v) is 17.4. The van der Waals surface area contributed by atoms with E-state index in [1.54, 1.807) is 12.1 Å². The smallest absolute Gasteiger partial charge is 0.329 e. The lowest BCUT2D eigenvalue weighted by atomic mass is 10.0. The van der Waals surface area contributed by atoms with Crippen molar-refractivity contribution < 1.29 is 14.3 Å². The molecule has 0 spiro atoms. The second-order valence-electron chi connectivity index (χ2n) is 6.79. The highest BCUT2D eigenvalue weighted by Gasteiger charge is 2.27. The number of aromatic nitrogens is 1. The SMILES string of the molecule is Cc1c(Cl)c(COC(=O)[C@@H](NC(=O)c2cccs2)C(C)C)nc2ccccc12. The van der Waals surface area contributed by atoms with Gasteiger partial charge in [0.1, 0.15) is 12.6 Å². The molecule has 0 aliphatic heterocycles. The second-order valence-corrected chi connectivity index (χ2v) is 8.12. The average molecular weight is 417 g/mol. The number of carbonyl (C=O) groups is 2. The highest BCUT2D eigenvalue weighted by molar-refractivity contribution is 7.12. The summed E-state index contributed by atoms with van der Waals surface area (Å²) in [6.07, 6.45) is 0. The highest BCUT2D eigenvalue weighted by Crippen LogP contribution is 2.27. The van der Waals surface area contributed by atoms with E-state index in [0.29, 0.717) is 15.6 Å². The Bertz CT molecular complexity index is 1000. The molecule has 1 N–H and O–H groups in total. The molecule has 2 heterocycles. The predicted molar refractivity (Wildman–Crippen MR) is 112 cm³/mol. The minimum Gasteiger partial charge on any atom is -0.458 e. The Labute approximate surface area is 172 Å². The van der Waals surface area contributed by atoms with Gasteiger partial charge in [0.15, 0.2) is 0 Å². The van der Waals surface area contributed by atoms with Gasteiger partial charge in [-0.3, -0.25) is 4.79 Å². The van der Waals surface area contributed by atoms with Crippen molar-refractivity contribution in [2.45, 2.75) is 33.4 Å². The van der Waals surface area contributed by atoms with E-state index in [1.165, 1.54) is 11.3 Å². The van der Waals surface area contributed by atoms with Gasteiger partial charge in [-0.25, -0.2) is 9.78 Å². The number of ether oxygens (including phenoxy) is 1. The van der Waals surface area contributed by atoms with Gasteiger partial charge in [-0.2, -0.15) is 0 Å². The number of hydrogen-bond donors (Lipinski definition) is 1. The van der Waals surface area contributed by atoms with Crippen LogP contribution in [-0.2, 0) is 16.1 Å². The number of fused-ring (bicyclic) bond motifs is 1. The van der Waals surface area contributed by atoms with E-state index < -0.39 is 12.0 Å². The first-order chi connectivity index (χ1) is 13.4. The van der Waals surface area contributed by atoms with Crippen LogP contribution in [0.25, 0.3) is 10.9 Å². The number of amides is 1. The summed E-state index contributed by atoms with van der Waals surface area (Å²) in [6, 6.07) is 10.4. The van der Waals surface area contributed by atoms with Gasteiger partial charge in [-0.15, -0.1) is 11.3 Å². The molecule has 0 saturated heterocycles. The van der Waals surface area contributed by atoms with Crippen LogP contribution in [0.1, 0.15) is 34.8 Å². The first kappa shape index (κ1) is 20.3. The zero-order valence-electron chi connectivity index (χ0n) is 15.9. The molecular formula is C21H21ClN2O3S. The first-order valence-corrected chi connectivity index (χ1v) is 10.2. The molecule has 0 aliphatic carbocycles. The summed E-state index contributed by atoms with van der Waals surface area (Å²) in [5.41, 5.74) is 2.19. The lowest BCUT2D eigenvalue weighted by molar-refractivity contribution is -0.148. The summed E-state index contributed by atoms with van der Waals surface area (Å²) in [7, 11) is 0. The Balaban J connectivity index is 1.73. The number of para-hydroxylation sites is 1. The number of carbonyl (C=O) groups excluding carboxylic acids is 2. The molecule has 0 aliphatic rings. The van der Waals surface area contributed by atoms with Gasteiger partial charge in [0.05, 0.1) is 21.1 Å². The second kappa shape index (κ2) is 8.71. The Morgan fingerprint density at radius 3 is 2.64 bits per heavy atom. The number of hydrogen-bond acceptors (Lipinski definition) is 5. The molecule has 5 nitrogen and oxygen atoms in total. The number of aryl methyl sites for hydroxylation is 1. The van der Waals surface area contributed by atoms with Crippen LogP contribution in [0.4, 0.5) is 0 Å². The molecule has 1 atom stereocenters. The summed E-state index contributed by atoms with van der Waals surface area (Å²) in [4.78, 5) is 30.0. The molecule has 0 bridgehead atoms. The molecule has 3 rings (SSSR count). The Morgan fingerprint density at radius 2 is 1.96 bits per heavy atom. The number of thiophene rings is 1. The molecule has 1 aromatic carbocycles. The fourth-order valence-corrected chi connectivity index (χ4v) is 3.69. The summed E-state index contributed by atoms with van der Waals surface area (Å²) in [5, 5.41) is 6.01. The molecule has 146 valence electrons. The van der Waals surface area contributed by atoms with Gasteiger partial charge in [0.25, 0.3) is 5.91 Å². The van der Waals surface area contributed by atoms with Crippen molar-refractivity contribution in [1.82, 2.24) is 10.3 Å². The number of benzene rings is 1. The topological polar surface area (TPSA) is 68.3 Å². The maximum Gasteiger partial charge on any atom is 0.329 e. The minimum atomic E-state index is -0.755. The van der Waals surface area contributed by atoms with Crippen LogP contribution in [0.3, 0.4) is 0 Å². The summed E-state index contributed by atoms with van der Waals surface area (Å²) < 4.78 is 5.46. The molecular weight excluding hydrogens is 396 g/mol. The Morgan fingerprint density at radius 1 is 1.21 bits per heavy atom. The largest absolute Gasteiger partial charge is 0.458 e. The van der Waals surface area contributed by atoms with E-state index >= 15 is 0 Å². The fraction of sp³-hybridized carbons (Fsp3) is 0.286. The van der Waals surface area contributed by atoms with E-state index in [-0.39, 0.29) is 18.4 Å². The molecule has 0 saturated carbocycles. The summed E-state index contributed by atoms with van der Waals surface area (Å²) >= 11 is 7.75. The molecule has 28 heavy (non-hydrogen) atoms. The first-order valence-electron chi connectivity index (χ1n) is 8.93. The van der Waals surface area contributed by atoms with Gasteiger partial charge in [-0.05, 0) is 35.9 Å². The fourth-order valence-electron chi connectivity index (χ4n) is 2.86. The molecule has 0 fully saturated rings. The van der Waals surface area contributed by atoms with E-state index in [2.05, 4.69) is 10.3 Å². The molecule has 7 heteroatoms. The quantitative estimate of drug-likeness (QED) is 0.588. The van der Waals surface area contributed by atoms with E-state index in [9.17, 15) is 9.59 Å². The Hall–Kier alpha value is -2.44. The zero-order chi connectivity index (χ0) is 20.3. The van der Waals surface area contributed by atoms with E-state index in [4.69, 9.17) is 16.3 Å². The van der Waals surface area contributed by atoms with Crippen LogP contribution in [-0.4, -0.2) is 22.9 Å². The monoisotopic (exact) mass is 416 g/mol. The molecule has 0 unspecified atom stereocenters. The number of nitrogens with zero attached hydrogens (tertiary/aromatic N) is 1. The minimum absolute atomic E-state index is 0.0541. The van der Waals surface area contributed by atoms with E-state index in [1.807, 2.05) is 50.4 Å². The Kier molecular flexibility index (Phi) is 6.31. The van der Waals surface area contributed by atoms with Gasteiger partial charge in [0, 0.05) is 5.39 Å². The third-order valence-electron chi connectivity index (χ3n) is 4.45. The van der Waals surface area contributed by atoms with Gasteiger partial charge < -0.3 is 10.1 Å². The summed E-state index contributed by atoms with van der Waals surface area (Å²) in [6.45, 7) is 5.56. The predicted octanol–water partition coefficient (Wildman–Crippen LogP) is 4.76. The van der Waals surface area contributed by atoms with Gasteiger partial charge in [0.2, 0.25) is 0 Å². The van der Waals surface area contributed by atoms with Crippen molar-refractivity contribution in [3.63, 3.8) is 0 Å². The highest BCUT2D eigenvalue weighted by atomic mass is 35.5. The van der Waals surface area contributed by atoms with Crippen LogP contribution >= 0.6 is 22.9 Å². The molecule has 1 amide bonds. The summed E-state index contributed by atoms with van der Waals surface area (Å²) in [5.74, 6) is -0.926. The van der Waals surface area contributed by atoms with Crippen molar-refractivity contribution >= 4 is 45.7 Å². The number of nitrogens with one attached hydrogen (secondary N) is 1. The lowest BCUT2D eigenvalue weighted by Crippen LogP contribution is -2.45.